The van der Waals surface area contributed by atoms with Crippen molar-refractivity contribution in [3.8, 4) is 11.5 Å². The predicted molar refractivity (Wildman–Crippen MR) is 84.8 cm³/mol. The van der Waals surface area contributed by atoms with Crippen LogP contribution in [0.4, 0.5) is 0 Å². The summed E-state index contributed by atoms with van der Waals surface area (Å²) in [4.78, 5) is 4.71. The molecule has 0 aromatic heterocycles. The fraction of sp³-hybridized carbons (Fsp3) is 0.278. The Bertz CT molecular complexity index is 629. The number of aliphatic imine (C=N–C) groups is 1. The summed E-state index contributed by atoms with van der Waals surface area (Å²) >= 11 is 0. The van der Waals surface area contributed by atoms with Crippen LogP contribution < -0.4 is 9.47 Å². The number of hydrogen-bond donors (Lipinski definition) is 0. The molecule has 2 aromatic rings. The molecule has 0 amide bonds. The van der Waals surface area contributed by atoms with Crippen LogP contribution in [-0.4, -0.2) is 26.5 Å². The Hall–Kier alpha value is -2.29. The number of nitrogens with zero attached hydrogens (tertiary/aromatic N) is 1. The summed E-state index contributed by atoms with van der Waals surface area (Å²) in [5.41, 5.74) is 3.64. The molecule has 108 valence electrons. The summed E-state index contributed by atoms with van der Waals surface area (Å²) in [7, 11) is 3.37. The fourth-order valence-corrected chi connectivity index (χ4v) is 2.78. The van der Waals surface area contributed by atoms with E-state index < -0.39 is 0 Å². The SMILES string of the molecule is COc1ccc(C2=NCC[C@H]2c2ccc(OC)cc2)cc1. The molecular formula is C18H19NO2. The van der Waals surface area contributed by atoms with E-state index in [2.05, 4.69) is 24.3 Å². The molecule has 0 radical (unpaired) electrons. The number of ether oxygens (including phenoxy) is 2. The van der Waals surface area contributed by atoms with E-state index in [-0.39, 0.29) is 0 Å². The van der Waals surface area contributed by atoms with E-state index in [9.17, 15) is 0 Å². The molecule has 3 heteroatoms. The largest absolute Gasteiger partial charge is 0.497 e. The predicted octanol–water partition coefficient (Wildman–Crippen LogP) is 3.68. The average Bonchev–Trinajstić information content (AvgIpc) is 3.04. The first-order valence-corrected chi connectivity index (χ1v) is 7.14. The van der Waals surface area contributed by atoms with E-state index in [0.717, 1.165) is 24.5 Å². The minimum Gasteiger partial charge on any atom is -0.497 e. The molecule has 1 aliphatic rings. The number of hydrogen-bond acceptors (Lipinski definition) is 3. The molecule has 1 heterocycles. The summed E-state index contributed by atoms with van der Waals surface area (Å²) in [6.07, 6.45) is 1.06. The van der Waals surface area contributed by atoms with Gasteiger partial charge in [0.25, 0.3) is 0 Å². The summed E-state index contributed by atoms with van der Waals surface area (Å²) in [6.45, 7) is 0.887. The Balaban J connectivity index is 1.86. The van der Waals surface area contributed by atoms with Gasteiger partial charge in [0.1, 0.15) is 11.5 Å². The third kappa shape index (κ3) is 2.77. The van der Waals surface area contributed by atoms with Gasteiger partial charge in [-0.25, -0.2) is 0 Å². The molecule has 0 N–H and O–H groups in total. The second-order valence-corrected chi connectivity index (χ2v) is 5.11. The van der Waals surface area contributed by atoms with Crippen molar-refractivity contribution in [2.24, 2.45) is 4.99 Å². The highest BCUT2D eigenvalue weighted by Gasteiger charge is 2.24. The molecule has 3 nitrogen and oxygen atoms in total. The second-order valence-electron chi connectivity index (χ2n) is 5.11. The van der Waals surface area contributed by atoms with Gasteiger partial charge in [0.05, 0.1) is 14.2 Å². The van der Waals surface area contributed by atoms with Crippen LogP contribution in [0, 0.1) is 0 Å². The maximum atomic E-state index is 5.22. The lowest BCUT2D eigenvalue weighted by Gasteiger charge is -2.14. The van der Waals surface area contributed by atoms with Crippen LogP contribution in [0.2, 0.25) is 0 Å². The molecule has 0 spiro atoms. The summed E-state index contributed by atoms with van der Waals surface area (Å²) in [6, 6.07) is 16.4. The van der Waals surface area contributed by atoms with Crippen molar-refractivity contribution < 1.29 is 9.47 Å². The van der Waals surface area contributed by atoms with Gasteiger partial charge < -0.3 is 9.47 Å². The van der Waals surface area contributed by atoms with Crippen molar-refractivity contribution in [1.82, 2.24) is 0 Å². The molecule has 0 saturated heterocycles. The number of benzene rings is 2. The maximum absolute atomic E-state index is 5.22. The Morgan fingerprint density at radius 2 is 1.43 bits per heavy atom. The van der Waals surface area contributed by atoms with Crippen LogP contribution in [0.1, 0.15) is 23.5 Å². The zero-order valence-corrected chi connectivity index (χ0v) is 12.4. The minimum absolute atomic E-state index is 0.365. The minimum atomic E-state index is 0.365. The van der Waals surface area contributed by atoms with E-state index >= 15 is 0 Å². The van der Waals surface area contributed by atoms with Crippen molar-refractivity contribution in [1.29, 1.82) is 0 Å². The Labute approximate surface area is 125 Å². The lowest BCUT2D eigenvalue weighted by Crippen LogP contribution is -2.09. The highest BCUT2D eigenvalue weighted by molar-refractivity contribution is 6.06. The molecule has 1 atom stereocenters. The molecule has 0 fully saturated rings. The van der Waals surface area contributed by atoms with E-state index in [1.54, 1.807) is 14.2 Å². The third-order valence-electron chi connectivity index (χ3n) is 3.93. The highest BCUT2D eigenvalue weighted by atomic mass is 16.5. The Kier molecular flexibility index (Phi) is 3.91. The van der Waals surface area contributed by atoms with Gasteiger partial charge in [-0.15, -0.1) is 0 Å². The lowest BCUT2D eigenvalue weighted by atomic mass is 9.89. The van der Waals surface area contributed by atoms with Crippen molar-refractivity contribution in [3.05, 3.63) is 59.7 Å². The van der Waals surface area contributed by atoms with E-state index in [1.807, 2.05) is 24.3 Å². The molecule has 21 heavy (non-hydrogen) atoms. The molecule has 0 saturated carbocycles. The fourth-order valence-electron chi connectivity index (χ4n) is 2.78. The molecule has 0 aliphatic carbocycles. The molecule has 0 bridgehead atoms. The van der Waals surface area contributed by atoms with Gasteiger partial charge in [0.15, 0.2) is 0 Å². The first kappa shape index (κ1) is 13.7. The third-order valence-corrected chi connectivity index (χ3v) is 3.93. The molecule has 0 unspecified atom stereocenters. The van der Waals surface area contributed by atoms with Crippen LogP contribution >= 0.6 is 0 Å². The number of rotatable bonds is 4. The van der Waals surface area contributed by atoms with E-state index in [1.165, 1.54) is 16.8 Å². The van der Waals surface area contributed by atoms with Gasteiger partial charge in [-0.3, -0.25) is 4.99 Å². The standard InChI is InChI=1S/C18H19NO2/c1-20-15-7-3-13(4-8-15)17-11-12-19-18(17)14-5-9-16(21-2)10-6-14/h3-10,17H,11-12H2,1-2H3/t17-/m0/s1. The normalized spacial score (nSPS) is 17.4. The van der Waals surface area contributed by atoms with Gasteiger partial charge in [0, 0.05) is 18.2 Å². The van der Waals surface area contributed by atoms with Gasteiger partial charge in [-0.05, 0) is 53.9 Å². The molecule has 3 rings (SSSR count). The van der Waals surface area contributed by atoms with Gasteiger partial charge in [0.2, 0.25) is 0 Å². The zero-order chi connectivity index (χ0) is 14.7. The smallest absolute Gasteiger partial charge is 0.118 e. The van der Waals surface area contributed by atoms with Crippen LogP contribution in [-0.2, 0) is 0 Å². The van der Waals surface area contributed by atoms with E-state index in [4.69, 9.17) is 14.5 Å². The van der Waals surface area contributed by atoms with E-state index in [0.29, 0.717) is 5.92 Å². The van der Waals surface area contributed by atoms with Crippen molar-refractivity contribution in [3.63, 3.8) is 0 Å². The Morgan fingerprint density at radius 1 is 0.857 bits per heavy atom. The van der Waals surface area contributed by atoms with Gasteiger partial charge >= 0.3 is 0 Å². The topological polar surface area (TPSA) is 30.8 Å². The highest BCUT2D eigenvalue weighted by Crippen LogP contribution is 2.31. The van der Waals surface area contributed by atoms with Crippen molar-refractivity contribution in [2.75, 3.05) is 20.8 Å². The summed E-state index contributed by atoms with van der Waals surface area (Å²) in [5.74, 6) is 2.13. The Morgan fingerprint density at radius 3 is 2.00 bits per heavy atom. The summed E-state index contributed by atoms with van der Waals surface area (Å²) in [5, 5.41) is 0. The van der Waals surface area contributed by atoms with Crippen LogP contribution in [0.5, 0.6) is 11.5 Å². The van der Waals surface area contributed by atoms with Gasteiger partial charge in [-0.1, -0.05) is 12.1 Å². The number of methoxy groups -OCH3 is 2. The first-order valence-electron chi connectivity index (χ1n) is 7.14. The average molecular weight is 281 g/mol. The van der Waals surface area contributed by atoms with Crippen LogP contribution in [0.25, 0.3) is 0 Å². The van der Waals surface area contributed by atoms with Gasteiger partial charge in [-0.2, -0.15) is 0 Å². The summed E-state index contributed by atoms with van der Waals surface area (Å²) < 4.78 is 10.4. The molecule has 2 aromatic carbocycles. The molecule has 1 aliphatic heterocycles. The quantitative estimate of drug-likeness (QED) is 0.856. The van der Waals surface area contributed by atoms with Crippen LogP contribution in [0.15, 0.2) is 53.5 Å². The zero-order valence-electron chi connectivity index (χ0n) is 12.4. The second kappa shape index (κ2) is 6.00. The van der Waals surface area contributed by atoms with Crippen LogP contribution in [0.3, 0.4) is 0 Å². The lowest BCUT2D eigenvalue weighted by molar-refractivity contribution is 0.414. The monoisotopic (exact) mass is 281 g/mol. The van der Waals surface area contributed by atoms with Crippen molar-refractivity contribution in [2.45, 2.75) is 12.3 Å². The van der Waals surface area contributed by atoms with Crippen molar-refractivity contribution >= 4 is 5.71 Å². The first-order chi connectivity index (χ1) is 10.3. The molecular weight excluding hydrogens is 262 g/mol. The maximum Gasteiger partial charge on any atom is 0.118 e.